The number of aromatic amines is 1. The van der Waals surface area contributed by atoms with Gasteiger partial charge in [0.2, 0.25) is 0 Å². The SMILES string of the molecule is Cc1c(Cl)ccc2oc(-c3ccc(-c4ccc(C(=O)O)cc4)[nH]3)cc12. The van der Waals surface area contributed by atoms with Crippen molar-refractivity contribution in [1.82, 2.24) is 4.98 Å². The van der Waals surface area contributed by atoms with Crippen LogP contribution in [0.15, 0.2) is 59.0 Å². The van der Waals surface area contributed by atoms with Gasteiger partial charge in [-0.15, -0.1) is 0 Å². The largest absolute Gasteiger partial charge is 0.478 e. The van der Waals surface area contributed by atoms with Gasteiger partial charge < -0.3 is 14.5 Å². The van der Waals surface area contributed by atoms with E-state index in [1.165, 1.54) is 0 Å². The molecule has 0 bridgehead atoms. The predicted molar refractivity (Wildman–Crippen MR) is 98.1 cm³/mol. The monoisotopic (exact) mass is 351 g/mol. The minimum Gasteiger partial charge on any atom is -0.478 e. The van der Waals surface area contributed by atoms with Gasteiger partial charge in [-0.25, -0.2) is 4.79 Å². The van der Waals surface area contributed by atoms with Crippen LogP contribution in [0, 0.1) is 6.92 Å². The zero-order valence-corrected chi connectivity index (χ0v) is 14.1. The summed E-state index contributed by atoms with van der Waals surface area (Å²) < 4.78 is 5.92. The second kappa shape index (κ2) is 5.83. The number of H-pyrrole nitrogens is 1. The molecule has 0 fully saturated rings. The van der Waals surface area contributed by atoms with Crippen molar-refractivity contribution in [3.8, 4) is 22.7 Å². The second-order valence-electron chi connectivity index (χ2n) is 5.86. The van der Waals surface area contributed by atoms with Crippen LogP contribution in [-0.2, 0) is 0 Å². The first-order chi connectivity index (χ1) is 12.0. The van der Waals surface area contributed by atoms with E-state index in [0.717, 1.165) is 39.2 Å². The van der Waals surface area contributed by atoms with Crippen LogP contribution in [0.4, 0.5) is 0 Å². The number of carbonyl (C=O) groups is 1. The molecule has 0 aliphatic carbocycles. The molecule has 2 aromatic heterocycles. The predicted octanol–water partition coefficient (Wildman–Crippen LogP) is 5.75. The first kappa shape index (κ1) is 15.5. The molecule has 0 amide bonds. The zero-order valence-electron chi connectivity index (χ0n) is 13.3. The Bertz CT molecular complexity index is 1090. The summed E-state index contributed by atoms with van der Waals surface area (Å²) in [5.74, 6) is -0.205. The topological polar surface area (TPSA) is 66.2 Å². The Morgan fingerprint density at radius 1 is 1.04 bits per heavy atom. The molecule has 0 unspecified atom stereocenters. The molecule has 25 heavy (non-hydrogen) atoms. The normalized spacial score (nSPS) is 11.1. The van der Waals surface area contributed by atoms with Crippen molar-refractivity contribution in [3.05, 3.63) is 70.7 Å². The third-order valence-electron chi connectivity index (χ3n) is 4.30. The highest BCUT2D eigenvalue weighted by molar-refractivity contribution is 6.32. The van der Waals surface area contributed by atoms with Gasteiger partial charge in [-0.3, -0.25) is 0 Å². The Kier molecular flexibility index (Phi) is 3.62. The number of hydrogen-bond donors (Lipinski definition) is 2. The standard InChI is InChI=1S/C20H14ClNO3/c1-11-14-10-19(25-18(14)9-6-15(11)21)17-8-7-16(22-17)12-2-4-13(5-3-12)20(23)24/h2-10,22H,1H3,(H,23,24). The molecule has 2 heterocycles. The Morgan fingerprint density at radius 2 is 1.76 bits per heavy atom. The number of furan rings is 1. The molecule has 0 saturated heterocycles. The van der Waals surface area contributed by atoms with E-state index in [1.54, 1.807) is 24.3 Å². The fourth-order valence-electron chi connectivity index (χ4n) is 2.86. The van der Waals surface area contributed by atoms with Gasteiger partial charge in [0.25, 0.3) is 0 Å². The van der Waals surface area contributed by atoms with Crippen LogP contribution >= 0.6 is 11.6 Å². The van der Waals surface area contributed by atoms with Crippen LogP contribution in [0.25, 0.3) is 33.7 Å². The van der Waals surface area contributed by atoms with Gasteiger partial charge in [-0.05, 0) is 60.5 Å². The molecule has 5 heteroatoms. The van der Waals surface area contributed by atoms with E-state index in [2.05, 4.69) is 4.98 Å². The van der Waals surface area contributed by atoms with E-state index < -0.39 is 5.97 Å². The Hall–Kier alpha value is -2.98. The van der Waals surface area contributed by atoms with Gasteiger partial charge in [0, 0.05) is 16.1 Å². The molecule has 0 spiro atoms. The summed E-state index contributed by atoms with van der Waals surface area (Å²) in [5.41, 5.74) is 4.70. The average molecular weight is 352 g/mol. The number of carboxylic acids is 1. The van der Waals surface area contributed by atoms with Gasteiger partial charge in [0.1, 0.15) is 5.58 Å². The molecule has 0 aliphatic rings. The number of benzene rings is 2. The minimum absolute atomic E-state index is 0.264. The van der Waals surface area contributed by atoms with Gasteiger partial charge in [-0.2, -0.15) is 0 Å². The van der Waals surface area contributed by atoms with E-state index >= 15 is 0 Å². The maximum atomic E-state index is 10.9. The van der Waals surface area contributed by atoms with Gasteiger partial charge in [0.15, 0.2) is 5.76 Å². The molecule has 2 N–H and O–H groups in total. The van der Waals surface area contributed by atoms with E-state index in [4.69, 9.17) is 21.1 Å². The van der Waals surface area contributed by atoms with Crippen molar-refractivity contribution in [2.75, 3.05) is 0 Å². The first-order valence-electron chi connectivity index (χ1n) is 7.75. The molecule has 4 nitrogen and oxygen atoms in total. The molecule has 0 atom stereocenters. The highest BCUT2D eigenvalue weighted by Gasteiger charge is 2.12. The summed E-state index contributed by atoms with van der Waals surface area (Å²) in [7, 11) is 0. The number of aromatic nitrogens is 1. The quantitative estimate of drug-likeness (QED) is 0.493. The summed E-state index contributed by atoms with van der Waals surface area (Å²) in [6, 6.07) is 16.3. The fourth-order valence-corrected chi connectivity index (χ4v) is 3.02. The lowest BCUT2D eigenvalue weighted by Crippen LogP contribution is -1.94. The number of carboxylic acid groups (broad SMARTS) is 1. The first-order valence-corrected chi connectivity index (χ1v) is 8.12. The van der Waals surface area contributed by atoms with Crippen molar-refractivity contribution in [1.29, 1.82) is 0 Å². The van der Waals surface area contributed by atoms with Crippen LogP contribution in [0.3, 0.4) is 0 Å². The molecule has 0 radical (unpaired) electrons. The lowest BCUT2D eigenvalue weighted by molar-refractivity contribution is 0.0697. The van der Waals surface area contributed by atoms with E-state index in [-0.39, 0.29) is 5.56 Å². The zero-order chi connectivity index (χ0) is 17.6. The van der Waals surface area contributed by atoms with Gasteiger partial charge >= 0.3 is 5.97 Å². The van der Waals surface area contributed by atoms with Crippen molar-refractivity contribution >= 4 is 28.5 Å². The van der Waals surface area contributed by atoms with Gasteiger partial charge in [-0.1, -0.05) is 23.7 Å². The Morgan fingerprint density at radius 3 is 2.48 bits per heavy atom. The van der Waals surface area contributed by atoms with Crippen LogP contribution in [0.2, 0.25) is 5.02 Å². The maximum Gasteiger partial charge on any atom is 0.335 e. The molecule has 0 saturated carbocycles. The van der Waals surface area contributed by atoms with E-state index in [0.29, 0.717) is 5.02 Å². The smallest absolute Gasteiger partial charge is 0.335 e. The second-order valence-corrected chi connectivity index (χ2v) is 6.27. The number of hydrogen-bond acceptors (Lipinski definition) is 2. The molecule has 0 aliphatic heterocycles. The average Bonchev–Trinajstić information content (AvgIpc) is 3.25. The summed E-state index contributed by atoms with van der Waals surface area (Å²) in [4.78, 5) is 14.3. The lowest BCUT2D eigenvalue weighted by Gasteiger charge is -1.99. The van der Waals surface area contributed by atoms with Crippen molar-refractivity contribution in [2.45, 2.75) is 6.92 Å². The molecular weight excluding hydrogens is 338 g/mol. The summed E-state index contributed by atoms with van der Waals surface area (Å²) in [6.45, 7) is 1.97. The van der Waals surface area contributed by atoms with Crippen LogP contribution in [-0.4, -0.2) is 16.1 Å². The van der Waals surface area contributed by atoms with E-state index in [9.17, 15) is 4.79 Å². The Labute approximate surface area is 148 Å². The van der Waals surface area contributed by atoms with Crippen LogP contribution in [0.5, 0.6) is 0 Å². The van der Waals surface area contributed by atoms with Crippen LogP contribution in [0.1, 0.15) is 15.9 Å². The Balaban J connectivity index is 1.71. The van der Waals surface area contributed by atoms with Crippen molar-refractivity contribution in [3.63, 3.8) is 0 Å². The summed E-state index contributed by atoms with van der Waals surface area (Å²) in [5, 5.41) is 10.7. The van der Waals surface area contributed by atoms with E-state index in [1.807, 2.05) is 37.3 Å². The number of aryl methyl sites for hydroxylation is 1. The van der Waals surface area contributed by atoms with Crippen LogP contribution < -0.4 is 0 Å². The molecular formula is C20H14ClNO3. The van der Waals surface area contributed by atoms with Gasteiger partial charge in [0.05, 0.1) is 11.3 Å². The number of rotatable bonds is 3. The number of halogens is 1. The van der Waals surface area contributed by atoms with Crippen molar-refractivity contribution in [2.24, 2.45) is 0 Å². The fraction of sp³-hybridized carbons (Fsp3) is 0.0500. The third kappa shape index (κ3) is 2.71. The molecule has 124 valence electrons. The maximum absolute atomic E-state index is 10.9. The molecule has 2 aromatic carbocycles. The summed E-state index contributed by atoms with van der Waals surface area (Å²) >= 11 is 6.17. The molecule has 4 rings (SSSR count). The van der Waals surface area contributed by atoms with Crippen molar-refractivity contribution < 1.29 is 14.3 Å². The highest BCUT2D eigenvalue weighted by atomic mass is 35.5. The number of nitrogens with one attached hydrogen (secondary N) is 1. The lowest BCUT2D eigenvalue weighted by atomic mass is 10.1. The number of aromatic carboxylic acids is 1. The third-order valence-corrected chi connectivity index (χ3v) is 4.71. The molecule has 4 aromatic rings. The minimum atomic E-state index is -0.935. The number of fused-ring (bicyclic) bond motifs is 1. The highest BCUT2D eigenvalue weighted by Crippen LogP contribution is 2.33. The summed E-state index contributed by atoms with van der Waals surface area (Å²) in [6.07, 6.45) is 0.